The number of nitrogens with zero attached hydrogens (tertiary/aromatic N) is 3. The number of fused-ring (bicyclic) bond motifs is 1. The Labute approximate surface area is 144 Å². The average molecular weight is 344 g/mol. The number of anilines is 1. The first-order chi connectivity index (χ1) is 11.8. The van der Waals surface area contributed by atoms with E-state index in [0.29, 0.717) is 19.0 Å². The molecular formula is C17H20N4O2S. The molecule has 1 N–H and O–H groups in total. The fourth-order valence-corrected chi connectivity index (χ4v) is 4.18. The zero-order valence-electron chi connectivity index (χ0n) is 13.3. The van der Waals surface area contributed by atoms with Gasteiger partial charge in [-0.2, -0.15) is 0 Å². The fraction of sp³-hybridized carbons (Fsp3) is 0.471. The van der Waals surface area contributed by atoms with E-state index in [-0.39, 0.29) is 24.0 Å². The molecular weight excluding hydrogens is 324 g/mol. The molecule has 126 valence electrons. The summed E-state index contributed by atoms with van der Waals surface area (Å²) < 4.78 is 5.86. The number of ether oxygens (including phenoxy) is 1. The summed E-state index contributed by atoms with van der Waals surface area (Å²) in [5.74, 6) is 0.667. The molecule has 2 fully saturated rings. The highest BCUT2D eigenvalue weighted by Gasteiger charge is 2.43. The minimum atomic E-state index is -0.104. The molecule has 7 heteroatoms. The van der Waals surface area contributed by atoms with Crippen molar-refractivity contribution in [1.29, 1.82) is 0 Å². The normalized spacial score (nSPS) is 26.2. The molecule has 24 heavy (non-hydrogen) atoms. The number of aromatic nitrogens is 2. The van der Waals surface area contributed by atoms with Gasteiger partial charge in [-0.3, -0.25) is 4.79 Å². The van der Waals surface area contributed by atoms with Gasteiger partial charge in [-0.05, 0) is 30.4 Å². The van der Waals surface area contributed by atoms with Crippen LogP contribution in [-0.2, 0) is 16.1 Å². The molecule has 0 saturated carbocycles. The summed E-state index contributed by atoms with van der Waals surface area (Å²) in [7, 11) is 0. The third-order valence-electron chi connectivity index (χ3n) is 4.71. The number of nitrogens with one attached hydrogen (secondary N) is 1. The Balaban J connectivity index is 1.47. The minimum absolute atomic E-state index is 0.0817. The topological polar surface area (TPSA) is 67.3 Å². The Morgan fingerprint density at radius 2 is 2.25 bits per heavy atom. The van der Waals surface area contributed by atoms with Crippen molar-refractivity contribution in [3.8, 4) is 0 Å². The maximum absolute atomic E-state index is 12.6. The van der Waals surface area contributed by atoms with Crippen LogP contribution in [-0.4, -0.2) is 41.2 Å². The highest BCUT2D eigenvalue weighted by atomic mass is 32.1. The Hall–Kier alpha value is -1.99. The molecule has 1 amide bonds. The molecule has 0 aromatic carbocycles. The Bertz CT molecular complexity index is 679. The Kier molecular flexibility index (Phi) is 4.44. The summed E-state index contributed by atoms with van der Waals surface area (Å²) in [6, 6.07) is 6.11. The first-order valence-corrected chi connectivity index (χ1v) is 9.14. The van der Waals surface area contributed by atoms with Gasteiger partial charge < -0.3 is 15.0 Å². The molecule has 0 radical (unpaired) electrons. The monoisotopic (exact) mass is 344 g/mol. The number of hydrogen-bond acceptors (Lipinski definition) is 6. The minimum Gasteiger partial charge on any atom is -0.376 e. The molecule has 2 aromatic rings. The van der Waals surface area contributed by atoms with E-state index in [1.807, 2.05) is 17.5 Å². The number of amides is 1. The molecule has 2 aromatic heterocycles. The van der Waals surface area contributed by atoms with Crippen LogP contribution in [0.2, 0.25) is 0 Å². The predicted molar refractivity (Wildman–Crippen MR) is 91.8 cm³/mol. The van der Waals surface area contributed by atoms with Crippen LogP contribution < -0.4 is 10.2 Å². The number of rotatable bonds is 4. The third kappa shape index (κ3) is 3.14. The second kappa shape index (κ2) is 6.86. The molecule has 2 saturated heterocycles. The lowest BCUT2D eigenvalue weighted by atomic mass is 9.89. The molecule has 4 heterocycles. The van der Waals surface area contributed by atoms with Crippen molar-refractivity contribution < 1.29 is 9.53 Å². The zero-order chi connectivity index (χ0) is 16.4. The maximum Gasteiger partial charge on any atom is 0.225 e. The quantitative estimate of drug-likeness (QED) is 0.917. The summed E-state index contributed by atoms with van der Waals surface area (Å²) in [4.78, 5) is 24.7. The van der Waals surface area contributed by atoms with E-state index < -0.39 is 0 Å². The van der Waals surface area contributed by atoms with Crippen LogP contribution in [0.4, 0.5) is 5.95 Å². The molecule has 6 nitrogen and oxygen atoms in total. The molecule has 4 rings (SSSR count). The van der Waals surface area contributed by atoms with Gasteiger partial charge >= 0.3 is 0 Å². The van der Waals surface area contributed by atoms with Gasteiger partial charge in [-0.15, -0.1) is 11.3 Å². The van der Waals surface area contributed by atoms with E-state index in [9.17, 15) is 4.79 Å². The van der Waals surface area contributed by atoms with Gasteiger partial charge in [0.2, 0.25) is 11.9 Å². The Morgan fingerprint density at radius 1 is 1.38 bits per heavy atom. The Morgan fingerprint density at radius 3 is 3.04 bits per heavy atom. The zero-order valence-corrected chi connectivity index (χ0v) is 14.1. The van der Waals surface area contributed by atoms with E-state index >= 15 is 0 Å². The number of carbonyl (C=O) groups is 1. The van der Waals surface area contributed by atoms with Crippen molar-refractivity contribution >= 4 is 23.2 Å². The van der Waals surface area contributed by atoms with Crippen LogP contribution in [0.1, 0.15) is 17.7 Å². The number of carbonyl (C=O) groups excluding carboxylic acids is 1. The van der Waals surface area contributed by atoms with Crippen LogP contribution in [0, 0.1) is 5.92 Å². The molecule has 2 aliphatic heterocycles. The lowest BCUT2D eigenvalue weighted by molar-refractivity contribution is -0.126. The van der Waals surface area contributed by atoms with Crippen molar-refractivity contribution in [2.45, 2.75) is 31.5 Å². The van der Waals surface area contributed by atoms with E-state index in [4.69, 9.17) is 4.74 Å². The molecule has 2 aliphatic rings. The van der Waals surface area contributed by atoms with Crippen molar-refractivity contribution in [2.24, 2.45) is 5.92 Å². The van der Waals surface area contributed by atoms with E-state index in [1.54, 1.807) is 29.8 Å². The van der Waals surface area contributed by atoms with Gasteiger partial charge in [0, 0.05) is 30.4 Å². The summed E-state index contributed by atoms with van der Waals surface area (Å²) in [6.45, 7) is 1.97. The van der Waals surface area contributed by atoms with Gasteiger partial charge in [-0.1, -0.05) is 6.07 Å². The van der Waals surface area contributed by atoms with Gasteiger partial charge in [0.05, 0.1) is 24.6 Å². The van der Waals surface area contributed by atoms with Crippen molar-refractivity contribution in [3.63, 3.8) is 0 Å². The van der Waals surface area contributed by atoms with Gasteiger partial charge in [0.15, 0.2) is 0 Å². The van der Waals surface area contributed by atoms with Gasteiger partial charge in [0.25, 0.3) is 0 Å². The number of piperidine rings is 1. The number of thiophene rings is 1. The second-order valence-electron chi connectivity index (χ2n) is 6.20. The smallest absolute Gasteiger partial charge is 0.225 e. The van der Waals surface area contributed by atoms with Crippen molar-refractivity contribution in [3.05, 3.63) is 40.8 Å². The SMILES string of the molecule is O=C(NCc1cccs1)[C@@H]1C[C@H]2OCC[C@H]2N(c2ncccn2)C1. The summed E-state index contributed by atoms with van der Waals surface area (Å²) in [6.07, 6.45) is 5.30. The lowest BCUT2D eigenvalue weighted by Gasteiger charge is -2.40. The van der Waals surface area contributed by atoms with E-state index in [0.717, 1.165) is 24.3 Å². The van der Waals surface area contributed by atoms with Gasteiger partial charge in [0.1, 0.15) is 0 Å². The van der Waals surface area contributed by atoms with Crippen LogP contribution in [0.25, 0.3) is 0 Å². The van der Waals surface area contributed by atoms with Crippen molar-refractivity contribution in [1.82, 2.24) is 15.3 Å². The lowest BCUT2D eigenvalue weighted by Crippen LogP contribution is -2.53. The first-order valence-electron chi connectivity index (χ1n) is 8.26. The molecule has 3 atom stereocenters. The van der Waals surface area contributed by atoms with Crippen molar-refractivity contribution in [2.75, 3.05) is 18.1 Å². The van der Waals surface area contributed by atoms with Crippen LogP contribution in [0.3, 0.4) is 0 Å². The number of hydrogen-bond donors (Lipinski definition) is 1. The van der Waals surface area contributed by atoms with E-state index in [2.05, 4.69) is 20.2 Å². The average Bonchev–Trinajstić information content (AvgIpc) is 3.31. The van der Waals surface area contributed by atoms with Crippen LogP contribution in [0.15, 0.2) is 36.0 Å². The molecule has 0 aliphatic carbocycles. The maximum atomic E-state index is 12.6. The fourth-order valence-electron chi connectivity index (χ4n) is 3.54. The van der Waals surface area contributed by atoms with E-state index in [1.165, 1.54) is 0 Å². The summed E-state index contributed by atoms with van der Waals surface area (Å²) in [5.41, 5.74) is 0. The summed E-state index contributed by atoms with van der Waals surface area (Å²) >= 11 is 1.65. The first kappa shape index (κ1) is 15.5. The largest absolute Gasteiger partial charge is 0.376 e. The van der Waals surface area contributed by atoms with Crippen LogP contribution in [0.5, 0.6) is 0 Å². The third-order valence-corrected chi connectivity index (χ3v) is 5.58. The molecule has 0 bridgehead atoms. The van der Waals surface area contributed by atoms with Crippen LogP contribution >= 0.6 is 11.3 Å². The van der Waals surface area contributed by atoms with Gasteiger partial charge in [-0.25, -0.2) is 9.97 Å². The second-order valence-corrected chi connectivity index (χ2v) is 7.23. The molecule has 0 unspecified atom stereocenters. The highest BCUT2D eigenvalue weighted by molar-refractivity contribution is 7.09. The molecule has 0 spiro atoms. The highest BCUT2D eigenvalue weighted by Crippen LogP contribution is 2.33. The standard InChI is InChI=1S/C17H20N4O2S/c22-16(20-10-13-3-1-8-24-13)12-9-15-14(4-7-23-15)21(11-12)17-18-5-2-6-19-17/h1-3,5-6,8,12,14-15H,4,7,9-11H2,(H,20,22)/t12-,14-,15-/m1/s1. The summed E-state index contributed by atoms with van der Waals surface area (Å²) in [5, 5.41) is 5.08. The predicted octanol–water partition coefficient (Wildman–Crippen LogP) is 1.84.